The van der Waals surface area contributed by atoms with Gasteiger partial charge in [-0.3, -0.25) is 0 Å². The Morgan fingerprint density at radius 2 is 1.25 bits per heavy atom. The number of benzene rings is 3. The van der Waals surface area contributed by atoms with Crippen LogP contribution in [0.25, 0.3) is 28.2 Å². The fourth-order valence-corrected chi connectivity index (χ4v) is 4.20. The molecule has 28 heavy (non-hydrogen) atoms. The summed E-state index contributed by atoms with van der Waals surface area (Å²) in [4.78, 5) is 0. The summed E-state index contributed by atoms with van der Waals surface area (Å²) in [5.74, 6) is 0. The van der Waals surface area contributed by atoms with Gasteiger partial charge in [0, 0.05) is 16.1 Å². The molecule has 2 nitrogen and oxygen atoms in total. The van der Waals surface area contributed by atoms with E-state index < -0.39 is 0 Å². The van der Waals surface area contributed by atoms with Crippen LogP contribution in [0, 0.1) is 0 Å². The largest absolute Gasteiger partial charge is 0.229 e. The summed E-state index contributed by atoms with van der Waals surface area (Å²) in [7, 11) is 0. The van der Waals surface area contributed by atoms with E-state index in [0.717, 1.165) is 5.56 Å². The van der Waals surface area contributed by atoms with E-state index in [1.54, 1.807) is 35.0 Å². The van der Waals surface area contributed by atoms with Gasteiger partial charge in [-0.25, -0.2) is 4.68 Å². The molecule has 0 fully saturated rings. The van der Waals surface area contributed by atoms with Crippen LogP contribution in [0.3, 0.4) is 0 Å². The summed E-state index contributed by atoms with van der Waals surface area (Å²) < 4.78 is 1.67. The van der Waals surface area contributed by atoms with Gasteiger partial charge in [-0.2, -0.15) is 5.10 Å². The third-order valence-corrected chi connectivity index (χ3v) is 5.78. The molecule has 0 unspecified atom stereocenters. The lowest BCUT2D eigenvalue weighted by Gasteiger charge is -2.11. The number of rotatable bonds is 3. The molecule has 0 aliphatic rings. The van der Waals surface area contributed by atoms with Gasteiger partial charge in [0.15, 0.2) is 0 Å². The third-order valence-electron chi connectivity index (χ3n) is 4.22. The highest BCUT2D eigenvalue weighted by Gasteiger charge is 2.24. The average Bonchev–Trinajstić information content (AvgIpc) is 2.99. The van der Waals surface area contributed by atoms with E-state index in [1.165, 1.54) is 0 Å². The molecule has 0 aliphatic heterocycles. The van der Waals surface area contributed by atoms with Crippen molar-refractivity contribution in [1.29, 1.82) is 0 Å². The fraction of sp³-hybridized carbons (Fsp3) is 0. The minimum Gasteiger partial charge on any atom is -0.229 e. The van der Waals surface area contributed by atoms with Crippen LogP contribution in [0.2, 0.25) is 25.1 Å². The highest BCUT2D eigenvalue weighted by atomic mass is 35.5. The Morgan fingerprint density at radius 1 is 0.643 bits per heavy atom. The second-order valence-electron chi connectivity index (χ2n) is 5.98. The maximum atomic E-state index is 6.81. The maximum absolute atomic E-state index is 6.81. The van der Waals surface area contributed by atoms with Crippen molar-refractivity contribution >= 4 is 58.0 Å². The zero-order chi connectivity index (χ0) is 19.8. The minimum absolute atomic E-state index is 0.423. The lowest BCUT2D eigenvalue weighted by molar-refractivity contribution is 0.892. The smallest absolute Gasteiger partial charge is 0.114 e. The SMILES string of the molecule is Clc1ccc(-n2nc(-c3ccccc3Cl)c(Cl)c2-c2ccccc2Cl)c(Cl)c1. The van der Waals surface area contributed by atoms with Crippen molar-refractivity contribution in [1.82, 2.24) is 9.78 Å². The van der Waals surface area contributed by atoms with Gasteiger partial charge < -0.3 is 0 Å². The average molecular weight is 469 g/mol. The number of halogens is 5. The van der Waals surface area contributed by atoms with Gasteiger partial charge in [-0.05, 0) is 30.3 Å². The van der Waals surface area contributed by atoms with Crippen LogP contribution in [0.1, 0.15) is 0 Å². The van der Waals surface area contributed by atoms with E-state index in [4.69, 9.17) is 63.1 Å². The highest BCUT2D eigenvalue weighted by Crippen LogP contribution is 2.43. The van der Waals surface area contributed by atoms with Gasteiger partial charge >= 0.3 is 0 Å². The van der Waals surface area contributed by atoms with Crippen molar-refractivity contribution in [3.63, 3.8) is 0 Å². The summed E-state index contributed by atoms with van der Waals surface area (Å²) in [6, 6.07) is 20.0. The Balaban J connectivity index is 2.06. The topological polar surface area (TPSA) is 17.8 Å². The molecule has 0 radical (unpaired) electrons. The van der Waals surface area contributed by atoms with E-state index in [2.05, 4.69) is 0 Å². The second kappa shape index (κ2) is 7.98. The first kappa shape index (κ1) is 19.6. The van der Waals surface area contributed by atoms with Crippen molar-refractivity contribution in [2.45, 2.75) is 0 Å². The Labute approximate surface area is 187 Å². The molecule has 0 bridgehead atoms. The van der Waals surface area contributed by atoms with Crippen LogP contribution < -0.4 is 0 Å². The normalized spacial score (nSPS) is 11.0. The molecule has 4 rings (SSSR count). The van der Waals surface area contributed by atoms with Crippen molar-refractivity contribution in [3.05, 3.63) is 91.8 Å². The second-order valence-corrected chi connectivity index (χ2v) is 8.01. The Kier molecular flexibility index (Phi) is 5.59. The van der Waals surface area contributed by atoms with Crippen molar-refractivity contribution < 1.29 is 0 Å². The molecule has 0 saturated heterocycles. The van der Waals surface area contributed by atoms with Crippen LogP contribution >= 0.6 is 58.0 Å². The molecule has 0 saturated carbocycles. The number of aromatic nitrogens is 2. The molecule has 140 valence electrons. The van der Waals surface area contributed by atoms with Gasteiger partial charge in [0.2, 0.25) is 0 Å². The van der Waals surface area contributed by atoms with Gasteiger partial charge in [0.25, 0.3) is 0 Å². The summed E-state index contributed by atoms with van der Waals surface area (Å²) in [6.45, 7) is 0. The monoisotopic (exact) mass is 466 g/mol. The van der Waals surface area contributed by atoms with E-state index >= 15 is 0 Å². The zero-order valence-electron chi connectivity index (χ0n) is 14.1. The Bertz CT molecular complexity index is 1180. The summed E-state index contributed by atoms with van der Waals surface area (Å²) in [5.41, 5.74) is 3.22. The molecule has 1 heterocycles. The molecule has 0 atom stereocenters. The predicted octanol–water partition coefficient (Wildman–Crippen LogP) is 8.47. The first-order valence-electron chi connectivity index (χ1n) is 8.21. The number of hydrogen-bond acceptors (Lipinski definition) is 1. The molecule has 0 N–H and O–H groups in total. The van der Waals surface area contributed by atoms with E-state index in [-0.39, 0.29) is 0 Å². The van der Waals surface area contributed by atoms with Gasteiger partial charge in [-0.15, -0.1) is 0 Å². The van der Waals surface area contributed by atoms with Crippen LogP contribution in [0.5, 0.6) is 0 Å². The van der Waals surface area contributed by atoms with Gasteiger partial charge in [0.1, 0.15) is 5.69 Å². The zero-order valence-corrected chi connectivity index (χ0v) is 17.9. The highest BCUT2D eigenvalue weighted by molar-refractivity contribution is 6.39. The molecule has 1 aromatic heterocycles. The van der Waals surface area contributed by atoms with Crippen molar-refractivity contribution in [3.8, 4) is 28.2 Å². The van der Waals surface area contributed by atoms with Crippen LogP contribution in [-0.4, -0.2) is 9.78 Å². The quantitative estimate of drug-likeness (QED) is 0.295. The number of nitrogens with zero attached hydrogens (tertiary/aromatic N) is 2. The lowest BCUT2D eigenvalue weighted by Crippen LogP contribution is -2.00. The fourth-order valence-electron chi connectivity index (χ4n) is 2.94. The van der Waals surface area contributed by atoms with E-state index in [0.29, 0.717) is 47.8 Å². The standard InChI is InChI=1S/C21H11Cl5N2/c22-12-9-10-18(17(25)11-12)28-21(14-6-2-4-8-16(14)24)19(26)20(27-28)13-5-1-3-7-15(13)23/h1-11H. The Morgan fingerprint density at radius 3 is 1.86 bits per heavy atom. The predicted molar refractivity (Wildman–Crippen MR) is 119 cm³/mol. The van der Waals surface area contributed by atoms with Gasteiger partial charge in [-0.1, -0.05) is 94.4 Å². The van der Waals surface area contributed by atoms with Crippen LogP contribution in [0.15, 0.2) is 66.7 Å². The maximum Gasteiger partial charge on any atom is 0.114 e. The molecule has 0 aliphatic carbocycles. The number of hydrogen-bond donors (Lipinski definition) is 0. The Hall–Kier alpha value is -1.68. The van der Waals surface area contributed by atoms with Crippen LogP contribution in [0.4, 0.5) is 0 Å². The van der Waals surface area contributed by atoms with Crippen LogP contribution in [-0.2, 0) is 0 Å². The van der Waals surface area contributed by atoms with E-state index in [1.807, 2.05) is 36.4 Å². The van der Waals surface area contributed by atoms with Crippen molar-refractivity contribution in [2.75, 3.05) is 0 Å². The molecular formula is C21H11Cl5N2. The first-order chi connectivity index (χ1) is 13.5. The minimum atomic E-state index is 0.423. The summed E-state index contributed by atoms with van der Waals surface area (Å²) in [6.07, 6.45) is 0. The lowest BCUT2D eigenvalue weighted by atomic mass is 10.1. The molecular weight excluding hydrogens is 458 g/mol. The van der Waals surface area contributed by atoms with Gasteiger partial charge in [0.05, 0.1) is 31.5 Å². The first-order valence-corrected chi connectivity index (χ1v) is 10.1. The molecule has 0 amide bonds. The molecule has 3 aromatic carbocycles. The molecule has 7 heteroatoms. The summed E-state index contributed by atoms with van der Waals surface area (Å²) in [5, 5.41) is 7.20. The molecule has 0 spiro atoms. The van der Waals surface area contributed by atoms with E-state index in [9.17, 15) is 0 Å². The van der Waals surface area contributed by atoms with Crippen molar-refractivity contribution in [2.24, 2.45) is 0 Å². The molecule has 4 aromatic rings. The summed E-state index contributed by atoms with van der Waals surface area (Å²) >= 11 is 32.2. The third kappa shape index (κ3) is 3.52.